The van der Waals surface area contributed by atoms with Crippen molar-refractivity contribution in [2.24, 2.45) is 10.9 Å². The molecular formula is C16H28N2O2S. The smallest absolute Gasteiger partial charge is 0.242 e. The first-order valence-corrected chi connectivity index (χ1v) is 9.07. The Morgan fingerprint density at radius 1 is 1.38 bits per heavy atom. The molecule has 120 valence electrons. The van der Waals surface area contributed by atoms with E-state index in [1.54, 1.807) is 11.8 Å². The molecule has 2 saturated heterocycles. The zero-order chi connectivity index (χ0) is 15.3. The number of nitrogens with one attached hydrogen (secondary N) is 1. The van der Waals surface area contributed by atoms with Crippen LogP contribution in [0.4, 0.5) is 0 Å². The second-order valence-corrected chi connectivity index (χ2v) is 7.62. The van der Waals surface area contributed by atoms with Crippen molar-refractivity contribution in [1.82, 2.24) is 5.32 Å². The lowest BCUT2D eigenvalue weighted by Crippen LogP contribution is -2.41. The number of carbonyl (C=O) groups is 1. The topological polar surface area (TPSA) is 50.7 Å². The molecule has 2 aliphatic rings. The number of hydrogen-bond acceptors (Lipinski definition) is 4. The zero-order valence-corrected chi connectivity index (χ0v) is 14.3. The van der Waals surface area contributed by atoms with Crippen molar-refractivity contribution in [3.05, 3.63) is 0 Å². The second-order valence-electron chi connectivity index (χ2n) is 6.24. The predicted octanol–water partition coefficient (Wildman–Crippen LogP) is 3.36. The van der Waals surface area contributed by atoms with Crippen LogP contribution in [-0.2, 0) is 9.53 Å². The first-order chi connectivity index (χ1) is 10.1. The van der Waals surface area contributed by atoms with Crippen LogP contribution in [0, 0.1) is 5.92 Å². The first kappa shape index (κ1) is 16.8. The average Bonchev–Trinajstić information content (AvgIpc) is 2.74. The maximum Gasteiger partial charge on any atom is 0.242 e. The third-order valence-electron chi connectivity index (χ3n) is 4.51. The van der Waals surface area contributed by atoms with Gasteiger partial charge in [0.05, 0.1) is 6.04 Å². The van der Waals surface area contributed by atoms with Crippen LogP contribution in [0.1, 0.15) is 59.3 Å². The molecule has 2 aliphatic heterocycles. The van der Waals surface area contributed by atoms with E-state index >= 15 is 0 Å². The molecule has 0 saturated carbocycles. The van der Waals surface area contributed by atoms with Crippen molar-refractivity contribution < 1.29 is 9.53 Å². The summed E-state index contributed by atoms with van der Waals surface area (Å²) in [4.78, 5) is 17.0. The maximum absolute atomic E-state index is 12.3. The molecule has 2 fully saturated rings. The minimum Gasteiger partial charge on any atom is -0.381 e. The Morgan fingerprint density at radius 3 is 2.71 bits per heavy atom. The van der Waals surface area contributed by atoms with E-state index in [-0.39, 0.29) is 16.7 Å². The van der Waals surface area contributed by atoms with Crippen molar-refractivity contribution in [2.45, 2.75) is 70.1 Å². The summed E-state index contributed by atoms with van der Waals surface area (Å²) in [6.45, 7) is 8.01. The number of rotatable bonds is 6. The van der Waals surface area contributed by atoms with Gasteiger partial charge in [-0.2, -0.15) is 0 Å². The normalized spacial score (nSPS) is 26.0. The van der Waals surface area contributed by atoms with Gasteiger partial charge in [0, 0.05) is 13.2 Å². The first-order valence-electron chi connectivity index (χ1n) is 8.25. The number of aliphatic imine (C=N–C) groups is 1. The maximum atomic E-state index is 12.3. The monoisotopic (exact) mass is 312 g/mol. The molecule has 1 spiro atoms. The molecule has 0 aliphatic carbocycles. The van der Waals surface area contributed by atoms with Gasteiger partial charge in [-0.1, -0.05) is 44.9 Å². The zero-order valence-electron chi connectivity index (χ0n) is 13.5. The molecule has 0 radical (unpaired) electrons. The molecule has 4 nitrogen and oxygen atoms in total. The number of nitrogens with zero attached hydrogens (tertiary/aromatic N) is 1. The number of amides is 1. The molecule has 0 bridgehead atoms. The van der Waals surface area contributed by atoms with Gasteiger partial charge in [-0.3, -0.25) is 9.79 Å². The van der Waals surface area contributed by atoms with Gasteiger partial charge in [0.1, 0.15) is 4.75 Å². The summed E-state index contributed by atoms with van der Waals surface area (Å²) in [6, 6.07) is 0.277. The number of amidine groups is 1. The third-order valence-corrected chi connectivity index (χ3v) is 5.90. The van der Waals surface area contributed by atoms with E-state index < -0.39 is 0 Å². The van der Waals surface area contributed by atoms with E-state index in [0.29, 0.717) is 13.2 Å². The molecular weight excluding hydrogens is 284 g/mol. The molecule has 1 N–H and O–H groups in total. The molecule has 21 heavy (non-hydrogen) atoms. The van der Waals surface area contributed by atoms with Crippen LogP contribution < -0.4 is 5.32 Å². The third kappa shape index (κ3) is 4.22. The van der Waals surface area contributed by atoms with Gasteiger partial charge in [0.2, 0.25) is 5.91 Å². The Bertz CT molecular complexity index is 392. The van der Waals surface area contributed by atoms with Crippen LogP contribution in [0.3, 0.4) is 0 Å². The summed E-state index contributed by atoms with van der Waals surface area (Å²) in [5, 5.41) is 3.81. The largest absolute Gasteiger partial charge is 0.381 e. The predicted molar refractivity (Wildman–Crippen MR) is 88.7 cm³/mol. The van der Waals surface area contributed by atoms with Crippen LogP contribution in [0.25, 0.3) is 0 Å². The number of carbonyl (C=O) groups excluding carboxylic acids is 1. The summed E-state index contributed by atoms with van der Waals surface area (Å²) >= 11 is 1.63. The standard InChI is InChI=1S/C16H28N2O2S/c1-4-6-13(5-2)11-12(3)17-15-18-14(19)16(21-15)7-9-20-10-8-16/h12-13H,4-11H2,1-3H3,(H,17,18,19). The van der Waals surface area contributed by atoms with Crippen molar-refractivity contribution in [3.63, 3.8) is 0 Å². The van der Waals surface area contributed by atoms with E-state index in [1.807, 2.05) is 0 Å². The molecule has 0 aromatic rings. The fourth-order valence-electron chi connectivity index (χ4n) is 3.19. The van der Waals surface area contributed by atoms with E-state index in [0.717, 1.165) is 30.3 Å². The van der Waals surface area contributed by atoms with Gasteiger partial charge in [-0.25, -0.2) is 0 Å². The summed E-state index contributed by atoms with van der Waals surface area (Å²) in [5.74, 6) is 0.871. The SMILES string of the molecule is CCCC(CC)CC(C)N=C1NC(=O)C2(CCOCC2)S1. The Hall–Kier alpha value is -0.550. The van der Waals surface area contributed by atoms with Crippen LogP contribution in [0.15, 0.2) is 4.99 Å². The Morgan fingerprint density at radius 2 is 2.10 bits per heavy atom. The van der Waals surface area contributed by atoms with E-state index in [1.165, 1.54) is 19.3 Å². The summed E-state index contributed by atoms with van der Waals surface area (Å²) in [7, 11) is 0. The fourth-order valence-corrected chi connectivity index (χ4v) is 4.45. The minimum atomic E-state index is -0.315. The highest BCUT2D eigenvalue weighted by Gasteiger charge is 2.47. The molecule has 1 amide bonds. The highest BCUT2D eigenvalue weighted by Crippen LogP contribution is 2.40. The number of ether oxygens (including phenoxy) is 1. The lowest BCUT2D eigenvalue weighted by atomic mass is 9.94. The lowest BCUT2D eigenvalue weighted by Gasteiger charge is -2.28. The fraction of sp³-hybridized carbons (Fsp3) is 0.875. The van der Waals surface area contributed by atoms with E-state index in [9.17, 15) is 4.79 Å². The van der Waals surface area contributed by atoms with Gasteiger partial charge in [-0.05, 0) is 32.1 Å². The molecule has 2 unspecified atom stereocenters. The molecule has 2 rings (SSSR count). The Balaban J connectivity index is 1.94. The van der Waals surface area contributed by atoms with Gasteiger partial charge in [-0.15, -0.1) is 0 Å². The molecule has 2 heterocycles. The van der Waals surface area contributed by atoms with Crippen molar-refractivity contribution in [1.29, 1.82) is 0 Å². The van der Waals surface area contributed by atoms with Crippen molar-refractivity contribution in [3.8, 4) is 0 Å². The lowest BCUT2D eigenvalue weighted by molar-refractivity contribution is -0.123. The van der Waals surface area contributed by atoms with Gasteiger partial charge in [0.15, 0.2) is 5.17 Å². The quantitative estimate of drug-likeness (QED) is 0.818. The summed E-state index contributed by atoms with van der Waals surface area (Å²) in [5.41, 5.74) is 0. The Kier molecular flexibility index (Phi) is 6.11. The molecule has 0 aromatic carbocycles. The van der Waals surface area contributed by atoms with E-state index in [4.69, 9.17) is 9.73 Å². The second kappa shape index (κ2) is 7.63. The van der Waals surface area contributed by atoms with Gasteiger partial charge >= 0.3 is 0 Å². The van der Waals surface area contributed by atoms with Crippen molar-refractivity contribution >= 4 is 22.8 Å². The van der Waals surface area contributed by atoms with Gasteiger partial charge in [0.25, 0.3) is 0 Å². The van der Waals surface area contributed by atoms with E-state index in [2.05, 4.69) is 26.1 Å². The molecule has 5 heteroatoms. The van der Waals surface area contributed by atoms with Gasteiger partial charge < -0.3 is 10.1 Å². The summed E-state index contributed by atoms with van der Waals surface area (Å²) in [6.07, 6.45) is 6.42. The van der Waals surface area contributed by atoms with Crippen molar-refractivity contribution in [2.75, 3.05) is 13.2 Å². The van der Waals surface area contributed by atoms with Crippen LogP contribution in [0.2, 0.25) is 0 Å². The molecule has 2 atom stereocenters. The Labute approximate surface area is 132 Å². The average molecular weight is 312 g/mol. The van der Waals surface area contributed by atoms with Crippen LogP contribution in [-0.4, -0.2) is 35.1 Å². The molecule has 0 aromatic heterocycles. The number of hydrogen-bond donors (Lipinski definition) is 1. The number of thioether (sulfide) groups is 1. The highest BCUT2D eigenvalue weighted by molar-refractivity contribution is 8.16. The summed E-state index contributed by atoms with van der Waals surface area (Å²) < 4.78 is 5.07. The minimum absolute atomic E-state index is 0.127. The van der Waals surface area contributed by atoms with Crippen LogP contribution >= 0.6 is 11.8 Å². The van der Waals surface area contributed by atoms with Crippen LogP contribution in [0.5, 0.6) is 0 Å². The highest BCUT2D eigenvalue weighted by atomic mass is 32.2.